The van der Waals surface area contributed by atoms with Crippen LogP contribution in [-0.2, 0) is 42.4 Å². The van der Waals surface area contributed by atoms with Crippen molar-refractivity contribution in [3.8, 4) is 5.75 Å². The van der Waals surface area contributed by atoms with E-state index in [0.717, 1.165) is 11.1 Å². The predicted molar refractivity (Wildman–Crippen MR) is 175 cm³/mol. The van der Waals surface area contributed by atoms with Crippen LogP contribution in [-0.4, -0.2) is 87.3 Å². The number of methoxy groups -OCH3 is 4. The van der Waals surface area contributed by atoms with E-state index in [9.17, 15) is 4.79 Å². The molecule has 0 saturated carbocycles. The lowest BCUT2D eigenvalue weighted by Crippen LogP contribution is -2.54. The number of esters is 1. The summed E-state index contributed by atoms with van der Waals surface area (Å²) in [4.78, 5) is 13.0. The molecule has 1 aliphatic heterocycles. The van der Waals surface area contributed by atoms with E-state index < -0.39 is 38.9 Å². The summed E-state index contributed by atoms with van der Waals surface area (Å²) in [5.74, 6) is -0.145. The summed E-state index contributed by atoms with van der Waals surface area (Å²) < 4.78 is 52.7. The number of ether oxygens (including phenoxy) is 8. The fraction of sp³-hybridized carbons (Fsp3) is 0.735. The molecule has 0 N–H and O–H groups in total. The molecule has 0 radical (unpaired) electrons. The van der Waals surface area contributed by atoms with Gasteiger partial charge in [-0.1, -0.05) is 59.8 Å². The number of hydrogen-bond acceptors (Lipinski definition) is 10. The molecule has 0 bridgehead atoms. The van der Waals surface area contributed by atoms with Crippen LogP contribution in [0.3, 0.4) is 0 Å². The quantitative estimate of drug-likeness (QED) is 0.0801. The average Bonchev–Trinajstić information content (AvgIpc) is 3.00. The van der Waals surface area contributed by atoms with Crippen molar-refractivity contribution in [2.75, 3.05) is 48.6 Å². The van der Waals surface area contributed by atoms with Crippen LogP contribution in [0.25, 0.3) is 0 Å². The molecule has 258 valence electrons. The minimum Gasteiger partial charge on any atom is -0.497 e. The third-order valence-corrected chi connectivity index (χ3v) is 13.5. The summed E-state index contributed by atoms with van der Waals surface area (Å²) in [5, 5.41) is 0.132. The van der Waals surface area contributed by atoms with Gasteiger partial charge in [-0.05, 0) is 48.7 Å². The van der Waals surface area contributed by atoms with Crippen molar-refractivity contribution in [3.63, 3.8) is 0 Å². The van der Waals surface area contributed by atoms with Gasteiger partial charge in [0.15, 0.2) is 20.7 Å². The summed E-state index contributed by atoms with van der Waals surface area (Å²) in [5.41, 5.74) is 1.82. The van der Waals surface area contributed by atoms with E-state index in [-0.39, 0.29) is 42.5 Å². The highest BCUT2D eigenvalue weighted by atomic mass is 28.4. The Morgan fingerprint density at radius 2 is 1.53 bits per heavy atom. The van der Waals surface area contributed by atoms with Gasteiger partial charge in [-0.15, -0.1) is 0 Å². The molecular weight excluding hydrogens is 596 g/mol. The molecule has 1 aliphatic rings. The van der Waals surface area contributed by atoms with Gasteiger partial charge in [-0.3, -0.25) is 0 Å². The number of rotatable bonds is 17. The molecule has 0 aliphatic carbocycles. The minimum absolute atomic E-state index is 0.100. The molecule has 0 amide bonds. The smallest absolute Gasteiger partial charge is 0.337 e. The molecule has 11 heteroatoms. The maximum Gasteiger partial charge on any atom is 0.337 e. The molecule has 1 aromatic rings. The Labute approximate surface area is 272 Å². The predicted octanol–water partition coefficient (Wildman–Crippen LogP) is 6.51. The van der Waals surface area contributed by atoms with E-state index >= 15 is 0 Å². The molecule has 1 heterocycles. The molecule has 8 atom stereocenters. The summed E-state index contributed by atoms with van der Waals surface area (Å²) >= 11 is 0. The minimum atomic E-state index is -1.89. The van der Waals surface area contributed by atoms with Crippen molar-refractivity contribution < 1.29 is 47.1 Å². The zero-order valence-electron chi connectivity index (χ0n) is 29.7. The first-order valence-corrected chi connectivity index (χ1v) is 18.6. The van der Waals surface area contributed by atoms with Crippen LogP contribution in [0.15, 0.2) is 35.9 Å². The van der Waals surface area contributed by atoms with Gasteiger partial charge in [-0.25, -0.2) is 4.79 Å². The van der Waals surface area contributed by atoms with Crippen LogP contribution in [0, 0.1) is 17.8 Å². The van der Waals surface area contributed by atoms with E-state index in [4.69, 9.17) is 42.3 Å². The van der Waals surface area contributed by atoms with E-state index in [1.807, 2.05) is 31.2 Å². The van der Waals surface area contributed by atoms with Gasteiger partial charge in [0.2, 0.25) is 0 Å². The first kappa shape index (κ1) is 39.3. The van der Waals surface area contributed by atoms with Gasteiger partial charge in [0.05, 0.1) is 26.4 Å². The molecule has 2 rings (SSSR count). The van der Waals surface area contributed by atoms with Crippen LogP contribution in [0.1, 0.15) is 60.3 Å². The maximum atomic E-state index is 13.0. The van der Waals surface area contributed by atoms with Crippen LogP contribution in [0.4, 0.5) is 0 Å². The Bertz CT molecular complexity index is 1050. The fourth-order valence-electron chi connectivity index (χ4n) is 5.33. The van der Waals surface area contributed by atoms with Gasteiger partial charge in [0.1, 0.15) is 25.4 Å². The topological polar surface area (TPSA) is 100 Å². The van der Waals surface area contributed by atoms with Crippen LogP contribution in [0.5, 0.6) is 5.75 Å². The Balaban J connectivity index is 2.45. The molecule has 1 fully saturated rings. The van der Waals surface area contributed by atoms with Crippen molar-refractivity contribution >= 4 is 14.3 Å². The molecule has 0 unspecified atom stereocenters. The summed E-state index contributed by atoms with van der Waals surface area (Å²) in [6.45, 7) is 20.2. The molecule has 0 spiro atoms. The highest BCUT2D eigenvalue weighted by molar-refractivity contribution is 6.74. The highest BCUT2D eigenvalue weighted by Gasteiger charge is 2.48. The number of benzene rings is 1. The van der Waals surface area contributed by atoms with E-state index in [0.29, 0.717) is 12.4 Å². The average molecular weight is 655 g/mol. The number of carbonyl (C=O) groups excluding carboxylic acids is 1. The second-order valence-electron chi connectivity index (χ2n) is 13.5. The Morgan fingerprint density at radius 3 is 2.07 bits per heavy atom. The van der Waals surface area contributed by atoms with E-state index in [1.54, 1.807) is 14.2 Å². The van der Waals surface area contributed by atoms with Crippen molar-refractivity contribution in [3.05, 3.63) is 41.5 Å². The Kier molecular flexibility index (Phi) is 15.7. The number of carbonyl (C=O) groups is 1. The molecular formula is C34H58O10Si. The lowest BCUT2D eigenvalue weighted by Gasteiger charge is -2.46. The summed E-state index contributed by atoms with van der Waals surface area (Å²) in [6.07, 6.45) is -1.06. The van der Waals surface area contributed by atoms with Crippen LogP contribution in [0.2, 0.25) is 18.1 Å². The maximum absolute atomic E-state index is 13.0. The monoisotopic (exact) mass is 654 g/mol. The first-order chi connectivity index (χ1) is 21.1. The van der Waals surface area contributed by atoms with Gasteiger partial charge in [-0.2, -0.15) is 0 Å². The largest absolute Gasteiger partial charge is 0.497 e. The van der Waals surface area contributed by atoms with E-state index in [2.05, 4.69) is 60.7 Å². The fourth-order valence-corrected chi connectivity index (χ4v) is 6.45. The SMILES string of the molecule is COCO[C@@H](C(=O)OC)[C@H]1O[C@@H](c2ccc(OC)cc2)O[C@@H]([C@H](C)[C@@H](OCOC)/C(C)=C/[C@H](C)CO[Si](C)(C)C(C)(C)C)[C@H]1C. The number of hydrogen-bond donors (Lipinski definition) is 0. The van der Waals surface area contributed by atoms with Crippen LogP contribution >= 0.6 is 0 Å². The lowest BCUT2D eigenvalue weighted by atomic mass is 9.81. The molecule has 10 nitrogen and oxygen atoms in total. The zero-order valence-corrected chi connectivity index (χ0v) is 30.7. The normalized spacial score (nSPS) is 24.1. The molecule has 1 aromatic carbocycles. The van der Waals surface area contributed by atoms with Crippen molar-refractivity contribution in [2.24, 2.45) is 17.8 Å². The summed E-state index contributed by atoms with van der Waals surface area (Å²) in [7, 11) is 4.15. The second kappa shape index (κ2) is 17.9. The van der Waals surface area contributed by atoms with E-state index in [1.165, 1.54) is 14.2 Å². The van der Waals surface area contributed by atoms with Gasteiger partial charge < -0.3 is 42.3 Å². The highest BCUT2D eigenvalue weighted by Crippen LogP contribution is 2.41. The third kappa shape index (κ3) is 10.9. The standard InChI is InChI=1S/C34H58O10Si/c1-22(19-42-45(12,13)34(5,6)7)18-23(2)28(40-20-36-8)24(3)29-25(4)30(31(32(35)39-11)41-21-37-9)44-33(43-29)26-14-16-27(38-10)17-15-26/h14-18,22,24-25,28-31,33H,19-21H2,1-13H3/b23-18+/t22-,24+,25+,28-,29-,30-,31+,33-/m0/s1. The third-order valence-electron chi connectivity index (χ3n) is 8.95. The first-order valence-electron chi connectivity index (χ1n) is 15.7. The summed E-state index contributed by atoms with van der Waals surface area (Å²) in [6, 6.07) is 7.46. The Morgan fingerprint density at radius 1 is 0.956 bits per heavy atom. The van der Waals surface area contributed by atoms with Crippen molar-refractivity contribution in [1.29, 1.82) is 0 Å². The lowest BCUT2D eigenvalue weighted by molar-refractivity contribution is -0.307. The zero-order chi connectivity index (χ0) is 33.9. The van der Waals surface area contributed by atoms with Crippen molar-refractivity contribution in [2.45, 2.75) is 97.3 Å². The van der Waals surface area contributed by atoms with Gasteiger partial charge >= 0.3 is 5.97 Å². The van der Waals surface area contributed by atoms with Crippen molar-refractivity contribution in [1.82, 2.24) is 0 Å². The van der Waals surface area contributed by atoms with Gasteiger partial charge in [0.25, 0.3) is 0 Å². The van der Waals surface area contributed by atoms with Crippen LogP contribution < -0.4 is 4.74 Å². The van der Waals surface area contributed by atoms with Gasteiger partial charge in [0, 0.05) is 38.2 Å². The molecule has 45 heavy (non-hydrogen) atoms. The Hall–Kier alpha value is -1.83. The second-order valence-corrected chi connectivity index (χ2v) is 18.3. The molecule has 1 saturated heterocycles. The molecule has 0 aromatic heterocycles.